The van der Waals surface area contributed by atoms with Gasteiger partial charge in [0.05, 0.1) is 0 Å². The van der Waals surface area contributed by atoms with Gasteiger partial charge in [-0.25, -0.2) is 4.39 Å². The molecule has 0 N–H and O–H groups in total. The molecule has 8 nitrogen and oxygen atoms in total. The van der Waals surface area contributed by atoms with E-state index in [0.29, 0.717) is 107 Å². The summed E-state index contributed by atoms with van der Waals surface area (Å²) in [6, 6.07) is 6.68. The SMILES string of the molecule is CC(C)(C)C1C2CC2CN1C(C)(C)C.CC(C)(C)C1CC(F)CN1C(C)(C)C.CC(C)(C)C1CC2(CC2)CN1C(C)(C)C.CC(C)(C)C1CC2CC2N1C(C)(C)C.CC(C)(C)C1CC=CN1C(C)(C)C.CC(C)(C)C1CCC2(CC2)N1C(C)(C)C.CC(C)(C)C1CCCN1C(C)(C)C.CC(C)(C)C1N(C(C)(C)C)CCC12CC2. The van der Waals surface area contributed by atoms with Gasteiger partial charge in [0.2, 0.25) is 0 Å². The van der Waals surface area contributed by atoms with Gasteiger partial charge in [0.25, 0.3) is 0 Å². The van der Waals surface area contributed by atoms with Crippen molar-refractivity contribution in [2.45, 2.75) is 552 Å². The highest BCUT2D eigenvalue weighted by Gasteiger charge is 2.63. The topological polar surface area (TPSA) is 25.9 Å². The van der Waals surface area contributed by atoms with Crippen LogP contribution in [0.3, 0.4) is 0 Å². The summed E-state index contributed by atoms with van der Waals surface area (Å²) in [6.45, 7) is 118. The average molecular weight is 1580 g/mol. The monoisotopic (exact) mass is 1580 g/mol. The predicted molar refractivity (Wildman–Crippen MR) is 497 cm³/mol. The second-order valence-corrected chi connectivity index (χ2v) is 56.9. The molecule has 8 heterocycles. The molecule has 9 heteroatoms. The van der Waals surface area contributed by atoms with Crippen molar-refractivity contribution in [3.05, 3.63) is 12.3 Å². The maximum atomic E-state index is 13.4. The van der Waals surface area contributed by atoms with E-state index in [-0.39, 0.29) is 16.5 Å². The molecular formula is C104H203FN8. The number of rotatable bonds is 0. The Labute approximate surface area is 708 Å². The summed E-state index contributed by atoms with van der Waals surface area (Å²) in [4.78, 5) is 21.4. The van der Waals surface area contributed by atoms with Crippen LogP contribution in [0.4, 0.5) is 4.39 Å². The Morgan fingerprint density at radius 2 is 0.788 bits per heavy atom. The zero-order valence-electron chi connectivity index (χ0n) is 85.7. The van der Waals surface area contributed by atoms with E-state index in [1.54, 1.807) is 0 Å². The highest BCUT2D eigenvalue weighted by Crippen LogP contribution is 2.64. The Morgan fingerprint density at radius 1 is 0.327 bits per heavy atom. The van der Waals surface area contributed by atoms with E-state index >= 15 is 0 Å². The van der Waals surface area contributed by atoms with Crippen LogP contribution in [0.5, 0.6) is 0 Å². The lowest BCUT2D eigenvalue weighted by atomic mass is 9.76. The zero-order chi connectivity index (χ0) is 87.6. The summed E-state index contributed by atoms with van der Waals surface area (Å²) in [5.74, 6) is 3.06. The van der Waals surface area contributed by atoms with Crippen LogP contribution in [0, 0.1) is 71.9 Å². The molecule has 0 radical (unpaired) electrons. The number of nitrogens with zero attached hydrogens (tertiary/aromatic N) is 8. The highest BCUT2D eigenvalue weighted by atomic mass is 19.1. The van der Waals surface area contributed by atoms with E-state index in [2.05, 4.69) is 384 Å². The number of alkyl halides is 1. The van der Waals surface area contributed by atoms with Crippen molar-refractivity contribution < 1.29 is 4.39 Å². The van der Waals surface area contributed by atoms with Crippen LogP contribution in [0.15, 0.2) is 12.3 Å². The summed E-state index contributed by atoms with van der Waals surface area (Å²) in [5.41, 5.74) is 7.60. The van der Waals surface area contributed by atoms with Gasteiger partial charge < -0.3 is 4.90 Å². The fourth-order valence-electron chi connectivity index (χ4n) is 23.7. The predicted octanol–water partition coefficient (Wildman–Crippen LogP) is 27.6. The minimum atomic E-state index is -0.640. The van der Waals surface area contributed by atoms with Gasteiger partial charge in [0.15, 0.2) is 0 Å². The number of piperidine rings is 2. The fourth-order valence-corrected chi connectivity index (χ4v) is 23.7. The Bertz CT molecular complexity index is 2760. The van der Waals surface area contributed by atoms with E-state index in [4.69, 9.17) is 0 Å². The molecule has 13 unspecified atom stereocenters. The smallest absolute Gasteiger partial charge is 0.114 e. The fraction of sp³-hybridized carbons (Fsp3) is 0.981. The molecule has 0 bridgehead atoms. The minimum Gasteiger partial charge on any atom is -0.369 e. The van der Waals surface area contributed by atoms with Crippen LogP contribution >= 0.6 is 0 Å². The van der Waals surface area contributed by atoms with Gasteiger partial charge in [0, 0.05) is 124 Å². The van der Waals surface area contributed by atoms with Crippen LogP contribution in [0.2, 0.25) is 0 Å². The zero-order valence-corrected chi connectivity index (χ0v) is 85.7. The molecule has 5 saturated carbocycles. The first-order chi connectivity index (χ1) is 50.0. The molecule has 7 saturated heterocycles. The van der Waals surface area contributed by atoms with E-state index < -0.39 is 6.17 Å². The van der Waals surface area contributed by atoms with E-state index in [0.717, 1.165) is 65.5 Å². The van der Waals surface area contributed by atoms with Gasteiger partial charge in [-0.3, -0.25) is 34.3 Å². The van der Waals surface area contributed by atoms with Crippen LogP contribution in [0.1, 0.15) is 441 Å². The normalized spacial score (nSPS) is 31.7. The Kier molecular flexibility index (Phi) is 30.1. The van der Waals surface area contributed by atoms with Gasteiger partial charge in [-0.2, -0.15) is 0 Å². The van der Waals surface area contributed by atoms with Crippen LogP contribution < -0.4 is 0 Å². The molecule has 12 fully saturated rings. The molecule has 3 spiro atoms. The number of hydrogen-bond donors (Lipinski definition) is 0. The third kappa shape index (κ3) is 26.4. The average Bonchev–Trinajstić information content (AvgIpc) is 1.56. The third-order valence-electron chi connectivity index (χ3n) is 29.6. The van der Waals surface area contributed by atoms with Crippen molar-refractivity contribution in [1.82, 2.24) is 39.2 Å². The lowest BCUT2D eigenvalue weighted by Gasteiger charge is -2.46. The number of hydrogen-bond acceptors (Lipinski definition) is 8. The lowest BCUT2D eigenvalue weighted by molar-refractivity contribution is 0.0157. The summed E-state index contributed by atoms with van der Waals surface area (Å²) < 4.78 is 13.4. The summed E-state index contributed by atoms with van der Waals surface area (Å²) in [5, 5.41) is 0. The Morgan fingerprint density at radius 3 is 1.11 bits per heavy atom. The van der Waals surface area contributed by atoms with Gasteiger partial charge in [-0.05, 0) is 367 Å². The second-order valence-electron chi connectivity index (χ2n) is 56.9. The number of fused-ring (bicyclic) bond motifs is 2. The summed E-state index contributed by atoms with van der Waals surface area (Å²) in [7, 11) is 0. The third-order valence-corrected chi connectivity index (χ3v) is 29.6. The maximum Gasteiger partial charge on any atom is 0.114 e. The van der Waals surface area contributed by atoms with Crippen molar-refractivity contribution in [3.63, 3.8) is 0 Å². The van der Waals surface area contributed by atoms with Crippen molar-refractivity contribution in [1.29, 1.82) is 0 Å². The minimum absolute atomic E-state index is 0.0821. The van der Waals surface area contributed by atoms with Crippen LogP contribution in [-0.4, -0.2) is 182 Å². The van der Waals surface area contributed by atoms with Crippen molar-refractivity contribution in [2.75, 3.05) is 32.7 Å². The van der Waals surface area contributed by atoms with Gasteiger partial charge in [-0.15, -0.1) is 0 Å². The summed E-state index contributed by atoms with van der Waals surface area (Å²) >= 11 is 0. The standard InChI is InChI=1S/3C14H27N.2C13H25N.C12H24FN.C12H25N.C12H23N/c1-12(2,3)11-9-14(7-8-14)10-15(11)13(4,5)6;1-12(2,3)11-14(7-8-14)9-10-15(11)13(4,5)6;1-12(2,3)11-7-8-14(9-10-14)15(11)13(4,5)6;1-12(2,3)11-10-7-9(10)8-14(11)13(4,5)6;1-12(2,3)11-8-9-7-10(9)14(11)13(4,5)6;1-11(2,3)10-7-9(13)8-14(10)12(4,5)6;2*1-11(2,3)10-8-7-9-13(10)12(4,5)6/h3*11H,7-10H2,1-6H3;2*9-11H,7-8H2,1-6H3;9-10H,7-8H2,1-6H3;10H,7-9H2,1-6H3;7,9-10H,8H2,1-6H3. The molecule has 113 heavy (non-hydrogen) atoms. The van der Waals surface area contributed by atoms with Gasteiger partial charge in [-0.1, -0.05) is 172 Å². The molecule has 0 amide bonds. The number of likely N-dealkylation sites (tertiary alicyclic amines) is 7. The van der Waals surface area contributed by atoms with Crippen molar-refractivity contribution in [3.8, 4) is 0 Å². The van der Waals surface area contributed by atoms with E-state index in [1.165, 1.54) is 129 Å². The summed E-state index contributed by atoms with van der Waals surface area (Å²) in [6.07, 6.45) is 27.4. The van der Waals surface area contributed by atoms with Crippen LogP contribution in [-0.2, 0) is 0 Å². The molecular weight excluding hydrogens is 1380 g/mol. The highest BCUT2D eigenvalue weighted by molar-refractivity contribution is 5.18. The molecule has 666 valence electrons. The molecule has 8 aliphatic heterocycles. The van der Waals surface area contributed by atoms with Crippen molar-refractivity contribution >= 4 is 0 Å². The maximum absolute atomic E-state index is 13.4. The first-order valence-electron chi connectivity index (χ1n) is 47.5. The molecule has 13 rings (SSSR count). The quantitative estimate of drug-likeness (QED) is 0.237. The lowest BCUT2D eigenvalue weighted by Crippen LogP contribution is -2.54. The molecule has 0 aromatic carbocycles. The van der Waals surface area contributed by atoms with E-state index in [1.807, 2.05) is 0 Å². The number of halogens is 1. The molecule has 13 aliphatic rings. The van der Waals surface area contributed by atoms with Gasteiger partial charge >= 0.3 is 0 Å². The molecule has 5 aliphatic carbocycles. The van der Waals surface area contributed by atoms with E-state index in [9.17, 15) is 4.39 Å². The Balaban J connectivity index is 0.000000201. The van der Waals surface area contributed by atoms with Crippen molar-refractivity contribution in [2.24, 2.45) is 71.9 Å². The van der Waals surface area contributed by atoms with Gasteiger partial charge in [0.1, 0.15) is 6.17 Å². The molecule has 0 aromatic heterocycles. The Hall–Kier alpha value is -0.810. The second kappa shape index (κ2) is 33.7. The van der Waals surface area contributed by atoms with Crippen LogP contribution in [0.25, 0.3) is 0 Å². The molecule has 0 aromatic rings. The largest absolute Gasteiger partial charge is 0.369 e. The first kappa shape index (κ1) is 101. The molecule has 13 atom stereocenters. The first-order valence-corrected chi connectivity index (χ1v) is 47.5.